The minimum absolute atomic E-state index is 0.0246. The molecule has 0 N–H and O–H groups in total. The van der Waals surface area contributed by atoms with Crippen molar-refractivity contribution >= 4 is 5.78 Å². The van der Waals surface area contributed by atoms with E-state index >= 15 is 0 Å². The summed E-state index contributed by atoms with van der Waals surface area (Å²) in [6.45, 7) is 1.80. The van der Waals surface area contributed by atoms with Crippen LogP contribution in [0, 0.1) is 12.7 Å². The minimum Gasteiger partial charge on any atom is -0.493 e. The van der Waals surface area contributed by atoms with E-state index in [0.717, 1.165) is 5.56 Å². The molecular formula is C16H15FO3. The highest BCUT2D eigenvalue weighted by atomic mass is 19.1. The van der Waals surface area contributed by atoms with E-state index in [2.05, 4.69) is 0 Å². The van der Waals surface area contributed by atoms with Crippen molar-refractivity contribution in [3.8, 4) is 11.5 Å². The zero-order chi connectivity index (χ0) is 14.7. The number of rotatable bonds is 4. The van der Waals surface area contributed by atoms with Crippen LogP contribution in [0.15, 0.2) is 36.4 Å². The average Bonchev–Trinajstić information content (AvgIpc) is 2.48. The molecule has 0 unspecified atom stereocenters. The highest BCUT2D eigenvalue weighted by Crippen LogP contribution is 2.32. The number of carbonyl (C=O) groups is 1. The summed E-state index contributed by atoms with van der Waals surface area (Å²) in [6.07, 6.45) is 0. The molecule has 0 atom stereocenters. The van der Waals surface area contributed by atoms with Crippen molar-refractivity contribution in [3.05, 3.63) is 58.9 Å². The van der Waals surface area contributed by atoms with Crippen molar-refractivity contribution in [2.45, 2.75) is 6.92 Å². The van der Waals surface area contributed by atoms with Gasteiger partial charge in [-0.2, -0.15) is 0 Å². The molecule has 0 fully saturated rings. The fourth-order valence-electron chi connectivity index (χ4n) is 2.02. The summed E-state index contributed by atoms with van der Waals surface area (Å²) in [6, 6.07) is 9.37. The Bertz CT molecular complexity index is 650. The summed E-state index contributed by atoms with van der Waals surface area (Å²) < 4.78 is 24.2. The van der Waals surface area contributed by atoms with E-state index in [1.807, 2.05) is 0 Å². The van der Waals surface area contributed by atoms with E-state index in [0.29, 0.717) is 11.5 Å². The summed E-state index contributed by atoms with van der Waals surface area (Å²) in [7, 11) is 2.93. The van der Waals surface area contributed by atoms with Crippen molar-refractivity contribution in [1.82, 2.24) is 0 Å². The molecule has 0 bridgehead atoms. The first-order valence-electron chi connectivity index (χ1n) is 6.10. The van der Waals surface area contributed by atoms with Gasteiger partial charge in [-0.25, -0.2) is 4.39 Å². The maximum Gasteiger partial charge on any atom is 0.199 e. The van der Waals surface area contributed by atoms with Crippen LogP contribution in [-0.4, -0.2) is 20.0 Å². The Morgan fingerprint density at radius 1 is 1.05 bits per heavy atom. The predicted octanol–water partition coefficient (Wildman–Crippen LogP) is 3.38. The van der Waals surface area contributed by atoms with Gasteiger partial charge in [0.1, 0.15) is 5.82 Å². The summed E-state index contributed by atoms with van der Waals surface area (Å²) in [5.41, 5.74) is 1.12. The van der Waals surface area contributed by atoms with Crippen LogP contribution in [0.3, 0.4) is 0 Å². The molecule has 2 rings (SSSR count). The first-order valence-corrected chi connectivity index (χ1v) is 6.10. The van der Waals surface area contributed by atoms with Gasteiger partial charge >= 0.3 is 0 Å². The maximum absolute atomic E-state index is 13.8. The van der Waals surface area contributed by atoms with Crippen LogP contribution in [0.25, 0.3) is 0 Å². The highest BCUT2D eigenvalue weighted by Gasteiger charge is 2.20. The number of methoxy groups -OCH3 is 2. The first-order chi connectivity index (χ1) is 9.58. The first kappa shape index (κ1) is 14.1. The minimum atomic E-state index is -0.550. The number of benzene rings is 2. The molecule has 104 valence electrons. The number of ketones is 1. The molecule has 0 saturated heterocycles. The largest absolute Gasteiger partial charge is 0.493 e. The lowest BCUT2D eigenvalue weighted by Gasteiger charge is -2.12. The van der Waals surface area contributed by atoms with Gasteiger partial charge in [-0.15, -0.1) is 0 Å². The maximum atomic E-state index is 13.8. The van der Waals surface area contributed by atoms with Gasteiger partial charge in [0.2, 0.25) is 0 Å². The van der Waals surface area contributed by atoms with E-state index in [1.165, 1.54) is 26.4 Å². The molecule has 20 heavy (non-hydrogen) atoms. The van der Waals surface area contributed by atoms with Gasteiger partial charge in [-0.05, 0) is 31.2 Å². The average molecular weight is 274 g/mol. The Morgan fingerprint density at radius 3 is 2.45 bits per heavy atom. The van der Waals surface area contributed by atoms with Crippen LogP contribution in [0.1, 0.15) is 21.5 Å². The lowest BCUT2D eigenvalue weighted by molar-refractivity contribution is 0.103. The van der Waals surface area contributed by atoms with Crippen LogP contribution in [0.2, 0.25) is 0 Å². The predicted molar refractivity (Wildman–Crippen MR) is 74.1 cm³/mol. The van der Waals surface area contributed by atoms with Gasteiger partial charge in [0.15, 0.2) is 17.3 Å². The van der Waals surface area contributed by atoms with E-state index in [9.17, 15) is 9.18 Å². The SMILES string of the molecule is COc1cccc(C(=O)c2cc(C)ccc2F)c1OC. The monoisotopic (exact) mass is 274 g/mol. The van der Waals surface area contributed by atoms with Gasteiger partial charge in [0.05, 0.1) is 25.3 Å². The molecule has 0 spiro atoms. The number of hydrogen-bond donors (Lipinski definition) is 0. The molecule has 0 aliphatic rings. The fourth-order valence-corrected chi connectivity index (χ4v) is 2.02. The molecule has 4 heteroatoms. The summed E-state index contributed by atoms with van der Waals surface area (Å²) >= 11 is 0. The second-order valence-electron chi connectivity index (χ2n) is 4.35. The topological polar surface area (TPSA) is 35.5 Å². The fraction of sp³-hybridized carbons (Fsp3) is 0.188. The van der Waals surface area contributed by atoms with Gasteiger partial charge in [0, 0.05) is 0 Å². The number of hydrogen-bond acceptors (Lipinski definition) is 3. The molecule has 0 saturated carbocycles. The summed E-state index contributed by atoms with van der Waals surface area (Å²) in [4.78, 5) is 12.5. The third-order valence-electron chi connectivity index (χ3n) is 3.01. The lowest BCUT2D eigenvalue weighted by Crippen LogP contribution is -2.07. The molecule has 0 heterocycles. The molecule has 2 aromatic rings. The smallest absolute Gasteiger partial charge is 0.199 e. The molecule has 0 aromatic heterocycles. The standard InChI is InChI=1S/C16H15FO3/c1-10-7-8-13(17)12(9-10)15(18)11-5-4-6-14(19-2)16(11)20-3/h4-9H,1-3H3. The molecular weight excluding hydrogens is 259 g/mol. The van der Waals surface area contributed by atoms with Crippen LogP contribution >= 0.6 is 0 Å². The number of carbonyl (C=O) groups excluding carboxylic acids is 1. The Labute approximate surface area is 117 Å². The molecule has 3 nitrogen and oxygen atoms in total. The van der Waals surface area contributed by atoms with E-state index in [1.54, 1.807) is 31.2 Å². The van der Waals surface area contributed by atoms with E-state index < -0.39 is 11.6 Å². The molecule has 0 aliphatic heterocycles. The van der Waals surface area contributed by atoms with Crippen molar-refractivity contribution in [1.29, 1.82) is 0 Å². The lowest BCUT2D eigenvalue weighted by atomic mass is 10.00. The zero-order valence-corrected chi connectivity index (χ0v) is 11.6. The molecule has 0 radical (unpaired) electrons. The quantitative estimate of drug-likeness (QED) is 0.802. The third-order valence-corrected chi connectivity index (χ3v) is 3.01. The Kier molecular flexibility index (Phi) is 4.03. The third kappa shape index (κ3) is 2.50. The van der Waals surface area contributed by atoms with Gasteiger partial charge in [0.25, 0.3) is 0 Å². The van der Waals surface area contributed by atoms with E-state index in [-0.39, 0.29) is 11.1 Å². The summed E-state index contributed by atoms with van der Waals surface area (Å²) in [5, 5.41) is 0. The van der Waals surface area contributed by atoms with Crippen molar-refractivity contribution in [2.75, 3.05) is 14.2 Å². The summed E-state index contributed by atoms with van der Waals surface area (Å²) in [5.74, 6) is -0.236. The Hall–Kier alpha value is -2.36. The number of aryl methyl sites for hydroxylation is 1. The van der Waals surface area contributed by atoms with Crippen molar-refractivity contribution in [3.63, 3.8) is 0 Å². The normalized spacial score (nSPS) is 10.2. The van der Waals surface area contributed by atoms with Crippen molar-refractivity contribution < 1.29 is 18.7 Å². The van der Waals surface area contributed by atoms with Gasteiger partial charge in [-0.1, -0.05) is 17.7 Å². The molecule has 0 amide bonds. The number of ether oxygens (including phenoxy) is 2. The number of halogens is 1. The van der Waals surface area contributed by atoms with Crippen LogP contribution in [-0.2, 0) is 0 Å². The van der Waals surface area contributed by atoms with Crippen LogP contribution in [0.5, 0.6) is 11.5 Å². The van der Waals surface area contributed by atoms with Crippen molar-refractivity contribution in [2.24, 2.45) is 0 Å². The van der Waals surface area contributed by atoms with E-state index in [4.69, 9.17) is 9.47 Å². The highest BCUT2D eigenvalue weighted by molar-refractivity contribution is 6.11. The van der Waals surface area contributed by atoms with Gasteiger partial charge in [-0.3, -0.25) is 4.79 Å². The van der Waals surface area contributed by atoms with Crippen LogP contribution in [0.4, 0.5) is 4.39 Å². The second kappa shape index (κ2) is 5.74. The Balaban J connectivity index is 2.56. The molecule has 0 aliphatic carbocycles. The number of para-hydroxylation sites is 1. The van der Waals surface area contributed by atoms with Crippen LogP contribution < -0.4 is 9.47 Å². The second-order valence-corrected chi connectivity index (χ2v) is 4.35. The van der Waals surface area contributed by atoms with Gasteiger partial charge < -0.3 is 9.47 Å². The molecule has 2 aromatic carbocycles. The Morgan fingerprint density at radius 2 is 1.80 bits per heavy atom. The zero-order valence-electron chi connectivity index (χ0n) is 11.6.